The van der Waals surface area contributed by atoms with Gasteiger partial charge in [0.25, 0.3) is 0 Å². The van der Waals surface area contributed by atoms with Crippen molar-refractivity contribution in [3.8, 4) is 17.6 Å². The molecule has 0 aliphatic carbocycles. The minimum Gasteiger partial charge on any atom is -0.493 e. The van der Waals surface area contributed by atoms with Crippen LogP contribution in [0.25, 0.3) is 5.70 Å². The first-order valence-corrected chi connectivity index (χ1v) is 8.53. The zero-order valence-corrected chi connectivity index (χ0v) is 14.9. The van der Waals surface area contributed by atoms with Crippen molar-refractivity contribution in [2.75, 3.05) is 38.9 Å². The number of anilines is 1. The molecule has 0 fully saturated rings. The molecule has 6 heteroatoms. The third-order valence-electron chi connectivity index (χ3n) is 4.95. The Kier molecular flexibility index (Phi) is 4.13. The molecule has 2 aromatic rings. The fourth-order valence-corrected chi connectivity index (χ4v) is 3.70. The van der Waals surface area contributed by atoms with E-state index in [1.165, 1.54) is 5.56 Å². The summed E-state index contributed by atoms with van der Waals surface area (Å²) in [5.41, 5.74) is 5.05. The topological polar surface area (TPSA) is 61.6 Å². The SMILES string of the molecule is COc1cc2c(cc1OC)C1=C(C#N)CN(c3cccnc3)CN1CC2. The summed E-state index contributed by atoms with van der Waals surface area (Å²) in [6.07, 6.45) is 4.50. The fourth-order valence-electron chi connectivity index (χ4n) is 3.70. The summed E-state index contributed by atoms with van der Waals surface area (Å²) >= 11 is 0. The van der Waals surface area contributed by atoms with Gasteiger partial charge in [-0.25, -0.2) is 0 Å². The number of hydrogen-bond acceptors (Lipinski definition) is 6. The average molecular weight is 348 g/mol. The van der Waals surface area contributed by atoms with Gasteiger partial charge in [-0.2, -0.15) is 5.26 Å². The summed E-state index contributed by atoms with van der Waals surface area (Å²) in [5, 5.41) is 9.81. The van der Waals surface area contributed by atoms with Crippen LogP contribution < -0.4 is 14.4 Å². The monoisotopic (exact) mass is 348 g/mol. The maximum Gasteiger partial charge on any atom is 0.161 e. The van der Waals surface area contributed by atoms with Crippen molar-refractivity contribution in [2.45, 2.75) is 6.42 Å². The number of methoxy groups -OCH3 is 2. The van der Waals surface area contributed by atoms with Gasteiger partial charge in [-0.1, -0.05) is 0 Å². The second-order valence-electron chi connectivity index (χ2n) is 6.37. The van der Waals surface area contributed by atoms with Gasteiger partial charge in [0, 0.05) is 18.3 Å². The Morgan fingerprint density at radius 2 is 1.96 bits per heavy atom. The van der Waals surface area contributed by atoms with E-state index in [0.29, 0.717) is 12.3 Å². The molecule has 0 saturated heterocycles. The zero-order valence-electron chi connectivity index (χ0n) is 14.9. The highest BCUT2D eigenvalue weighted by Gasteiger charge is 2.31. The van der Waals surface area contributed by atoms with E-state index in [2.05, 4.69) is 20.9 Å². The number of benzene rings is 1. The molecule has 132 valence electrons. The van der Waals surface area contributed by atoms with Gasteiger partial charge in [-0.05, 0) is 36.2 Å². The van der Waals surface area contributed by atoms with Crippen LogP contribution in [0.3, 0.4) is 0 Å². The molecule has 0 atom stereocenters. The normalized spacial score (nSPS) is 15.9. The van der Waals surface area contributed by atoms with Crippen LogP contribution in [0.15, 0.2) is 42.2 Å². The van der Waals surface area contributed by atoms with Gasteiger partial charge in [-0.15, -0.1) is 0 Å². The van der Waals surface area contributed by atoms with Gasteiger partial charge in [0.15, 0.2) is 11.5 Å². The maximum absolute atomic E-state index is 9.81. The lowest BCUT2D eigenvalue weighted by Crippen LogP contribution is -2.45. The van der Waals surface area contributed by atoms with Crippen molar-refractivity contribution < 1.29 is 9.47 Å². The van der Waals surface area contributed by atoms with E-state index in [-0.39, 0.29) is 0 Å². The minimum atomic E-state index is 0.571. The number of aromatic nitrogens is 1. The molecule has 0 saturated carbocycles. The third-order valence-corrected chi connectivity index (χ3v) is 4.95. The molecule has 0 bridgehead atoms. The van der Waals surface area contributed by atoms with Crippen LogP contribution in [-0.4, -0.2) is 43.9 Å². The molecule has 1 aromatic heterocycles. The van der Waals surface area contributed by atoms with Crippen molar-refractivity contribution in [3.63, 3.8) is 0 Å². The molecule has 4 rings (SSSR count). The van der Waals surface area contributed by atoms with E-state index in [4.69, 9.17) is 9.47 Å². The van der Waals surface area contributed by atoms with Crippen molar-refractivity contribution in [1.29, 1.82) is 5.26 Å². The number of hydrogen-bond donors (Lipinski definition) is 0. The summed E-state index contributed by atoms with van der Waals surface area (Å²) in [4.78, 5) is 8.65. The van der Waals surface area contributed by atoms with Crippen LogP contribution in [0.5, 0.6) is 11.5 Å². The standard InChI is InChI=1S/C20H20N4O2/c1-25-18-8-14-5-7-23-13-24(16-4-3-6-22-11-16)12-15(10-21)20(23)17(14)9-19(18)26-2/h3-4,6,8-9,11H,5,7,12-13H2,1-2H3. The molecule has 2 aliphatic rings. The van der Waals surface area contributed by atoms with Crippen LogP contribution in [0.4, 0.5) is 5.69 Å². The molecule has 0 unspecified atom stereocenters. The lowest BCUT2D eigenvalue weighted by molar-refractivity contribution is 0.349. The summed E-state index contributed by atoms with van der Waals surface area (Å²) in [6, 6.07) is 10.4. The molecule has 0 amide bonds. The first-order valence-electron chi connectivity index (χ1n) is 8.53. The van der Waals surface area contributed by atoms with Crippen LogP contribution in [0.1, 0.15) is 11.1 Å². The predicted molar refractivity (Wildman–Crippen MR) is 98.9 cm³/mol. The molecule has 26 heavy (non-hydrogen) atoms. The number of nitriles is 1. The van der Waals surface area contributed by atoms with Crippen LogP contribution in [0, 0.1) is 11.3 Å². The highest BCUT2D eigenvalue weighted by Crippen LogP contribution is 2.40. The van der Waals surface area contributed by atoms with E-state index < -0.39 is 0 Å². The van der Waals surface area contributed by atoms with Crippen molar-refractivity contribution in [1.82, 2.24) is 9.88 Å². The quantitative estimate of drug-likeness (QED) is 0.850. The first-order chi connectivity index (χ1) is 12.7. The smallest absolute Gasteiger partial charge is 0.161 e. The third kappa shape index (κ3) is 2.62. The number of nitrogens with zero attached hydrogens (tertiary/aromatic N) is 4. The van der Waals surface area contributed by atoms with E-state index in [0.717, 1.165) is 47.9 Å². The Morgan fingerprint density at radius 1 is 1.15 bits per heavy atom. The van der Waals surface area contributed by atoms with Crippen LogP contribution in [0.2, 0.25) is 0 Å². The van der Waals surface area contributed by atoms with Crippen LogP contribution >= 0.6 is 0 Å². The second kappa shape index (κ2) is 6.60. The number of fused-ring (bicyclic) bond motifs is 3. The lowest BCUT2D eigenvalue weighted by atomic mass is 9.92. The van der Waals surface area contributed by atoms with E-state index in [1.807, 2.05) is 30.5 Å². The van der Waals surface area contributed by atoms with Crippen LogP contribution in [-0.2, 0) is 6.42 Å². The van der Waals surface area contributed by atoms with Gasteiger partial charge < -0.3 is 19.3 Å². The molecule has 0 radical (unpaired) electrons. The first kappa shape index (κ1) is 16.3. The van der Waals surface area contributed by atoms with E-state index in [9.17, 15) is 5.26 Å². The summed E-state index contributed by atoms with van der Waals surface area (Å²) in [7, 11) is 3.28. The molecule has 0 N–H and O–H groups in total. The molecule has 1 aromatic carbocycles. The Hall–Kier alpha value is -3.20. The minimum absolute atomic E-state index is 0.571. The van der Waals surface area contributed by atoms with E-state index >= 15 is 0 Å². The Bertz CT molecular complexity index is 902. The highest BCUT2D eigenvalue weighted by molar-refractivity contribution is 5.78. The Labute approximate surface area is 152 Å². The van der Waals surface area contributed by atoms with Crippen molar-refractivity contribution in [2.24, 2.45) is 0 Å². The molecule has 6 nitrogen and oxygen atoms in total. The second-order valence-corrected chi connectivity index (χ2v) is 6.37. The number of pyridine rings is 1. The summed E-state index contributed by atoms with van der Waals surface area (Å²) in [5.74, 6) is 1.42. The van der Waals surface area contributed by atoms with Gasteiger partial charge in [0.1, 0.15) is 0 Å². The molecule has 2 aliphatic heterocycles. The lowest BCUT2D eigenvalue weighted by Gasteiger charge is -2.42. The largest absolute Gasteiger partial charge is 0.493 e. The number of ether oxygens (including phenoxy) is 2. The number of rotatable bonds is 3. The Morgan fingerprint density at radius 3 is 2.65 bits per heavy atom. The van der Waals surface area contributed by atoms with Gasteiger partial charge >= 0.3 is 0 Å². The molecular formula is C20H20N4O2. The van der Waals surface area contributed by atoms with Crippen molar-refractivity contribution in [3.05, 3.63) is 53.4 Å². The van der Waals surface area contributed by atoms with Gasteiger partial charge in [0.2, 0.25) is 0 Å². The Balaban J connectivity index is 1.80. The van der Waals surface area contributed by atoms with E-state index in [1.54, 1.807) is 20.4 Å². The van der Waals surface area contributed by atoms with Gasteiger partial charge in [0.05, 0.1) is 56.7 Å². The molecule has 3 heterocycles. The predicted octanol–water partition coefficient (Wildman–Crippen LogP) is 2.67. The molecule has 0 spiro atoms. The van der Waals surface area contributed by atoms with Crippen molar-refractivity contribution >= 4 is 11.4 Å². The average Bonchev–Trinajstić information content (AvgIpc) is 2.72. The fraction of sp³-hybridized carbons (Fsp3) is 0.300. The highest BCUT2D eigenvalue weighted by atomic mass is 16.5. The van der Waals surface area contributed by atoms with Gasteiger partial charge in [-0.3, -0.25) is 4.98 Å². The summed E-state index contributed by atoms with van der Waals surface area (Å²) < 4.78 is 10.9. The summed E-state index contributed by atoms with van der Waals surface area (Å²) in [6.45, 7) is 2.17. The maximum atomic E-state index is 9.81. The zero-order chi connectivity index (χ0) is 18.1. The molecular weight excluding hydrogens is 328 g/mol.